The molecule has 1 aliphatic rings. The standard InChI is InChI=1S/C25H22ClNO4/c1-15-10-11-20(22(26)12-15)23(13-24(28)29)27-25(30)31-14-21-18-8-4-2-6-16(18)17-7-3-5-9-19(17)21/h2-12,21,23H,13-14H2,1H3,(H,27,30)(H,28,29)/t23-/m0/s1. The predicted molar refractivity (Wildman–Crippen MR) is 119 cm³/mol. The largest absolute Gasteiger partial charge is 0.481 e. The first-order chi connectivity index (χ1) is 14.9. The maximum Gasteiger partial charge on any atom is 0.407 e. The van der Waals surface area contributed by atoms with E-state index in [1.807, 2.05) is 49.4 Å². The van der Waals surface area contributed by atoms with Gasteiger partial charge in [0.1, 0.15) is 6.61 Å². The Balaban J connectivity index is 1.50. The first kappa shape index (κ1) is 20.9. The Morgan fingerprint density at radius 3 is 2.23 bits per heavy atom. The van der Waals surface area contributed by atoms with Crippen LogP contribution in [0.25, 0.3) is 11.1 Å². The minimum absolute atomic E-state index is 0.0703. The summed E-state index contributed by atoms with van der Waals surface area (Å²) in [5.74, 6) is -1.11. The number of aryl methyl sites for hydroxylation is 1. The van der Waals surface area contributed by atoms with Gasteiger partial charge in [0.05, 0.1) is 12.5 Å². The lowest BCUT2D eigenvalue weighted by Crippen LogP contribution is -2.32. The Morgan fingerprint density at radius 2 is 1.65 bits per heavy atom. The summed E-state index contributed by atoms with van der Waals surface area (Å²) in [4.78, 5) is 23.9. The van der Waals surface area contributed by atoms with Crippen molar-refractivity contribution in [2.45, 2.75) is 25.3 Å². The number of halogens is 1. The molecule has 0 aliphatic heterocycles. The number of amides is 1. The van der Waals surface area contributed by atoms with Gasteiger partial charge in [0.15, 0.2) is 0 Å². The lowest BCUT2D eigenvalue weighted by Gasteiger charge is -2.20. The fourth-order valence-electron chi connectivity index (χ4n) is 4.11. The summed E-state index contributed by atoms with van der Waals surface area (Å²) in [7, 11) is 0. The molecular formula is C25H22ClNO4. The SMILES string of the molecule is Cc1ccc([C@H](CC(=O)O)NC(=O)OCC2c3ccccc3-c3ccccc32)c(Cl)c1. The molecule has 3 aromatic carbocycles. The van der Waals surface area contributed by atoms with Crippen LogP contribution in [-0.4, -0.2) is 23.8 Å². The number of hydrogen-bond donors (Lipinski definition) is 2. The molecular weight excluding hydrogens is 414 g/mol. The minimum atomic E-state index is -1.04. The number of hydrogen-bond acceptors (Lipinski definition) is 3. The molecule has 0 saturated heterocycles. The van der Waals surface area contributed by atoms with E-state index in [1.54, 1.807) is 12.1 Å². The molecule has 31 heavy (non-hydrogen) atoms. The van der Waals surface area contributed by atoms with Crippen LogP contribution >= 0.6 is 11.6 Å². The first-order valence-corrected chi connectivity index (χ1v) is 10.4. The molecule has 0 spiro atoms. The second-order valence-corrected chi connectivity index (χ2v) is 8.05. The number of benzene rings is 3. The van der Waals surface area contributed by atoms with Crippen molar-refractivity contribution in [3.05, 3.63) is 94.0 Å². The van der Waals surface area contributed by atoms with Crippen LogP contribution in [0.3, 0.4) is 0 Å². The summed E-state index contributed by atoms with van der Waals surface area (Å²) in [6.45, 7) is 2.04. The first-order valence-electron chi connectivity index (χ1n) is 10.0. The second-order valence-electron chi connectivity index (χ2n) is 7.65. The Morgan fingerprint density at radius 1 is 1.03 bits per heavy atom. The molecule has 0 unspecified atom stereocenters. The average molecular weight is 436 g/mol. The van der Waals surface area contributed by atoms with E-state index in [0.717, 1.165) is 27.8 Å². The molecule has 6 heteroatoms. The van der Waals surface area contributed by atoms with Gasteiger partial charge in [0.25, 0.3) is 0 Å². The second kappa shape index (κ2) is 8.82. The van der Waals surface area contributed by atoms with Gasteiger partial charge in [0.2, 0.25) is 0 Å². The Kier molecular flexibility index (Phi) is 5.96. The van der Waals surface area contributed by atoms with Crippen molar-refractivity contribution in [1.82, 2.24) is 5.32 Å². The van der Waals surface area contributed by atoms with Crippen molar-refractivity contribution in [1.29, 1.82) is 0 Å². The lowest BCUT2D eigenvalue weighted by atomic mass is 9.98. The molecule has 1 amide bonds. The third-order valence-corrected chi connectivity index (χ3v) is 5.87. The number of carbonyl (C=O) groups is 2. The number of ether oxygens (including phenoxy) is 1. The van der Waals surface area contributed by atoms with Crippen molar-refractivity contribution >= 4 is 23.7 Å². The molecule has 0 saturated carbocycles. The number of aliphatic carboxylic acids is 1. The Labute approximate surface area is 185 Å². The van der Waals surface area contributed by atoms with Crippen LogP contribution in [0.5, 0.6) is 0 Å². The average Bonchev–Trinajstić information content (AvgIpc) is 3.05. The number of nitrogens with one attached hydrogen (secondary N) is 1. The smallest absolute Gasteiger partial charge is 0.407 e. The molecule has 0 aromatic heterocycles. The van der Waals surface area contributed by atoms with Gasteiger partial charge in [-0.2, -0.15) is 0 Å². The topological polar surface area (TPSA) is 75.6 Å². The van der Waals surface area contributed by atoms with Crippen LogP contribution in [0.2, 0.25) is 5.02 Å². The summed E-state index contributed by atoms with van der Waals surface area (Å²) in [6.07, 6.45) is -0.975. The summed E-state index contributed by atoms with van der Waals surface area (Å²) in [5, 5.41) is 12.4. The van der Waals surface area contributed by atoms with Crippen LogP contribution in [0.15, 0.2) is 66.7 Å². The van der Waals surface area contributed by atoms with Gasteiger partial charge >= 0.3 is 12.1 Å². The van der Waals surface area contributed by atoms with Crippen LogP contribution in [-0.2, 0) is 9.53 Å². The van der Waals surface area contributed by atoms with Crippen molar-refractivity contribution < 1.29 is 19.4 Å². The highest BCUT2D eigenvalue weighted by Crippen LogP contribution is 2.44. The number of carboxylic acids is 1. The molecule has 158 valence electrons. The van der Waals surface area contributed by atoms with Gasteiger partial charge in [-0.25, -0.2) is 4.79 Å². The zero-order valence-corrected chi connectivity index (χ0v) is 17.7. The highest BCUT2D eigenvalue weighted by molar-refractivity contribution is 6.31. The molecule has 3 aromatic rings. The Hall–Kier alpha value is -3.31. The summed E-state index contributed by atoms with van der Waals surface area (Å²) in [5.41, 5.74) is 6.00. The summed E-state index contributed by atoms with van der Waals surface area (Å²) >= 11 is 6.30. The lowest BCUT2D eigenvalue weighted by molar-refractivity contribution is -0.137. The molecule has 0 fully saturated rings. The number of alkyl carbamates (subject to hydrolysis) is 1. The van der Waals surface area contributed by atoms with E-state index in [4.69, 9.17) is 16.3 Å². The van der Waals surface area contributed by atoms with E-state index >= 15 is 0 Å². The zero-order valence-electron chi connectivity index (χ0n) is 17.0. The van der Waals surface area contributed by atoms with E-state index in [9.17, 15) is 14.7 Å². The monoisotopic (exact) mass is 435 g/mol. The van der Waals surface area contributed by atoms with Gasteiger partial charge in [-0.1, -0.05) is 72.3 Å². The predicted octanol–water partition coefficient (Wildman–Crippen LogP) is 5.70. The molecule has 0 radical (unpaired) electrons. The van der Waals surface area contributed by atoms with Crippen molar-refractivity contribution in [2.24, 2.45) is 0 Å². The van der Waals surface area contributed by atoms with Crippen LogP contribution < -0.4 is 5.32 Å². The molecule has 0 heterocycles. The number of rotatable bonds is 6. The molecule has 5 nitrogen and oxygen atoms in total. The number of carbonyl (C=O) groups excluding carboxylic acids is 1. The minimum Gasteiger partial charge on any atom is -0.481 e. The molecule has 0 bridgehead atoms. The number of carboxylic acid groups (broad SMARTS) is 1. The third kappa shape index (κ3) is 4.42. The van der Waals surface area contributed by atoms with Crippen molar-refractivity contribution in [2.75, 3.05) is 6.61 Å². The van der Waals surface area contributed by atoms with E-state index in [0.29, 0.717) is 10.6 Å². The van der Waals surface area contributed by atoms with Gasteiger partial charge in [0, 0.05) is 10.9 Å². The van der Waals surface area contributed by atoms with E-state index in [2.05, 4.69) is 17.4 Å². The number of fused-ring (bicyclic) bond motifs is 3. The van der Waals surface area contributed by atoms with Crippen LogP contribution in [0, 0.1) is 6.92 Å². The molecule has 1 atom stereocenters. The molecule has 2 N–H and O–H groups in total. The zero-order chi connectivity index (χ0) is 22.0. The fourth-order valence-corrected chi connectivity index (χ4v) is 4.48. The van der Waals surface area contributed by atoms with Gasteiger partial charge < -0.3 is 15.2 Å². The van der Waals surface area contributed by atoms with Gasteiger partial charge in [-0.05, 0) is 46.4 Å². The van der Waals surface area contributed by atoms with Crippen LogP contribution in [0.1, 0.15) is 40.6 Å². The van der Waals surface area contributed by atoms with Crippen molar-refractivity contribution in [3.63, 3.8) is 0 Å². The van der Waals surface area contributed by atoms with Crippen LogP contribution in [0.4, 0.5) is 4.79 Å². The molecule has 1 aliphatic carbocycles. The summed E-state index contributed by atoms with van der Waals surface area (Å²) < 4.78 is 5.55. The van der Waals surface area contributed by atoms with E-state index < -0.39 is 18.1 Å². The van der Waals surface area contributed by atoms with Crippen molar-refractivity contribution in [3.8, 4) is 11.1 Å². The van der Waals surface area contributed by atoms with Gasteiger partial charge in [-0.3, -0.25) is 4.79 Å². The normalized spacial score (nSPS) is 13.2. The van der Waals surface area contributed by atoms with E-state index in [-0.39, 0.29) is 18.9 Å². The summed E-state index contributed by atoms with van der Waals surface area (Å²) in [6, 6.07) is 20.7. The maximum absolute atomic E-state index is 12.6. The third-order valence-electron chi connectivity index (χ3n) is 5.55. The maximum atomic E-state index is 12.6. The fraction of sp³-hybridized carbons (Fsp3) is 0.200. The highest BCUT2D eigenvalue weighted by atomic mass is 35.5. The van der Waals surface area contributed by atoms with Gasteiger partial charge in [-0.15, -0.1) is 0 Å². The quantitative estimate of drug-likeness (QED) is 0.520. The highest BCUT2D eigenvalue weighted by Gasteiger charge is 2.29. The molecule has 4 rings (SSSR count). The van der Waals surface area contributed by atoms with E-state index in [1.165, 1.54) is 0 Å². The Bertz CT molecular complexity index is 1100.